The van der Waals surface area contributed by atoms with Crippen LogP contribution in [-0.2, 0) is 9.59 Å². The van der Waals surface area contributed by atoms with E-state index >= 15 is 0 Å². The maximum Gasteiger partial charge on any atom is 0.279 e. The topological polar surface area (TPSA) is 94.7 Å². The first kappa shape index (κ1) is 18.4. The van der Waals surface area contributed by atoms with E-state index in [0.29, 0.717) is 0 Å². The molecule has 136 valence electrons. The monoisotopic (exact) mass is 393 g/mol. The van der Waals surface area contributed by atoms with Crippen LogP contribution in [0.3, 0.4) is 0 Å². The SMILES string of the molecule is CC(C)C[C@@H](C(=O)[O-])n1c(O)c(C2=c3cc(F)ccc3=NC2=O)sc1=S. The third-order valence-electron chi connectivity index (χ3n) is 3.99. The summed E-state index contributed by atoms with van der Waals surface area (Å²) in [5.41, 5.74) is 0.00787. The molecule has 2 heterocycles. The number of carboxylic acid groups (broad SMARTS) is 1. The lowest BCUT2D eigenvalue weighted by molar-refractivity contribution is -0.311. The van der Waals surface area contributed by atoms with Crippen LogP contribution in [0.4, 0.5) is 4.39 Å². The van der Waals surface area contributed by atoms with Gasteiger partial charge in [-0.3, -0.25) is 9.36 Å². The van der Waals surface area contributed by atoms with E-state index in [4.69, 9.17) is 12.2 Å². The first-order chi connectivity index (χ1) is 12.2. The minimum absolute atomic E-state index is 0.00753. The number of aromatic hydroxyl groups is 1. The Kier molecular flexibility index (Phi) is 4.76. The zero-order chi connectivity index (χ0) is 19.2. The van der Waals surface area contributed by atoms with Crippen LogP contribution in [0, 0.1) is 15.7 Å². The number of fused-ring (bicyclic) bond motifs is 1. The fourth-order valence-corrected chi connectivity index (χ4v) is 4.31. The summed E-state index contributed by atoms with van der Waals surface area (Å²) >= 11 is 6.09. The van der Waals surface area contributed by atoms with Crippen molar-refractivity contribution in [1.29, 1.82) is 0 Å². The van der Waals surface area contributed by atoms with Gasteiger partial charge in [0.1, 0.15) is 10.7 Å². The summed E-state index contributed by atoms with van der Waals surface area (Å²) in [4.78, 5) is 27.8. The normalized spacial score (nSPS) is 14.5. The van der Waals surface area contributed by atoms with Crippen molar-refractivity contribution < 1.29 is 24.2 Å². The number of amides is 1. The van der Waals surface area contributed by atoms with Gasteiger partial charge in [-0.05, 0) is 42.8 Å². The van der Waals surface area contributed by atoms with Crippen molar-refractivity contribution in [3.63, 3.8) is 0 Å². The van der Waals surface area contributed by atoms with E-state index in [2.05, 4.69) is 4.99 Å². The number of nitrogens with zero attached hydrogens (tertiary/aromatic N) is 2. The molecule has 1 aliphatic rings. The Morgan fingerprint density at radius 2 is 2.15 bits per heavy atom. The van der Waals surface area contributed by atoms with E-state index in [1.807, 2.05) is 13.8 Å². The number of rotatable bonds is 5. The van der Waals surface area contributed by atoms with E-state index in [1.54, 1.807) is 0 Å². The van der Waals surface area contributed by atoms with Crippen molar-refractivity contribution in [3.8, 4) is 5.88 Å². The fraction of sp³-hybridized carbons (Fsp3) is 0.294. The van der Waals surface area contributed by atoms with Crippen LogP contribution in [0.25, 0.3) is 5.57 Å². The number of halogens is 1. The summed E-state index contributed by atoms with van der Waals surface area (Å²) in [5.74, 6) is -3.02. The number of hydrogen-bond donors (Lipinski definition) is 1. The largest absolute Gasteiger partial charge is 0.548 e. The van der Waals surface area contributed by atoms with Gasteiger partial charge in [-0.15, -0.1) is 11.3 Å². The summed E-state index contributed by atoms with van der Waals surface area (Å²) in [5, 5.41) is 22.7. The van der Waals surface area contributed by atoms with E-state index in [0.717, 1.165) is 22.0 Å². The van der Waals surface area contributed by atoms with E-state index < -0.39 is 29.6 Å². The molecule has 0 fully saturated rings. The molecular formula is C17H14FN2O4S2-. The molecule has 26 heavy (non-hydrogen) atoms. The maximum atomic E-state index is 13.6. The van der Waals surface area contributed by atoms with Crippen LogP contribution in [0.5, 0.6) is 5.88 Å². The highest BCUT2D eigenvalue weighted by Gasteiger charge is 2.28. The molecule has 0 radical (unpaired) electrons. The standard InChI is InChI=1S/C17H15FN2O4S2/c1-7(2)5-11(16(23)24)20-15(22)13(26-17(20)25)12-9-6-8(18)3-4-10(9)19-14(12)21/h3-4,6-7,11,22H,5H2,1-2H3,(H,23,24)/p-1/t11-/m0/s1. The zero-order valence-electron chi connectivity index (χ0n) is 13.9. The lowest BCUT2D eigenvalue weighted by Gasteiger charge is -2.22. The van der Waals surface area contributed by atoms with Crippen LogP contribution in [0.2, 0.25) is 0 Å². The number of thiazole rings is 1. The summed E-state index contributed by atoms with van der Waals surface area (Å²) in [6.07, 6.45) is 0.194. The van der Waals surface area contributed by atoms with Crippen LogP contribution in [-0.4, -0.2) is 21.6 Å². The first-order valence-corrected chi connectivity index (χ1v) is 9.01. The lowest BCUT2D eigenvalue weighted by atomic mass is 10.0. The number of carbonyl (C=O) groups is 2. The minimum atomic E-state index is -1.38. The Hall–Kier alpha value is -2.39. The van der Waals surface area contributed by atoms with Crippen molar-refractivity contribution in [2.75, 3.05) is 0 Å². The molecule has 0 saturated heterocycles. The summed E-state index contributed by atoms with van der Waals surface area (Å²) in [6.45, 7) is 3.66. The molecule has 1 amide bonds. The summed E-state index contributed by atoms with van der Waals surface area (Å²) in [7, 11) is 0. The molecule has 1 aromatic carbocycles. The smallest absolute Gasteiger partial charge is 0.279 e. The number of carboxylic acids is 1. The van der Waals surface area contributed by atoms with Gasteiger partial charge in [-0.25, -0.2) is 9.38 Å². The van der Waals surface area contributed by atoms with E-state index in [9.17, 15) is 24.2 Å². The second-order valence-electron chi connectivity index (χ2n) is 6.31. The highest BCUT2D eigenvalue weighted by molar-refractivity contribution is 7.73. The van der Waals surface area contributed by atoms with Crippen molar-refractivity contribution in [1.82, 2.24) is 4.57 Å². The van der Waals surface area contributed by atoms with Crippen LogP contribution >= 0.6 is 23.6 Å². The van der Waals surface area contributed by atoms with Crippen molar-refractivity contribution in [2.45, 2.75) is 26.3 Å². The van der Waals surface area contributed by atoms with Crippen LogP contribution in [0.1, 0.15) is 31.2 Å². The molecule has 1 N–H and O–H groups in total. The number of hydrogen-bond acceptors (Lipinski definition) is 6. The Labute approximate surface area is 156 Å². The Balaban J connectivity index is 2.26. The molecule has 9 heteroatoms. The molecule has 1 aliphatic heterocycles. The Morgan fingerprint density at radius 1 is 1.46 bits per heavy atom. The molecule has 0 aliphatic carbocycles. The number of aromatic nitrogens is 1. The summed E-state index contributed by atoms with van der Waals surface area (Å²) in [6, 6.07) is 2.52. The second kappa shape index (κ2) is 6.73. The predicted octanol–water partition coefficient (Wildman–Crippen LogP) is 0.820. The second-order valence-corrected chi connectivity index (χ2v) is 7.95. The van der Waals surface area contributed by atoms with Gasteiger partial charge < -0.3 is 15.0 Å². The van der Waals surface area contributed by atoms with Gasteiger partial charge in [-0.1, -0.05) is 13.8 Å². The first-order valence-electron chi connectivity index (χ1n) is 7.79. The quantitative estimate of drug-likeness (QED) is 0.759. The van der Waals surface area contributed by atoms with Crippen molar-refractivity contribution >= 4 is 41.0 Å². The molecule has 1 atom stereocenters. The third-order valence-corrected chi connectivity index (χ3v) is 5.40. The zero-order valence-corrected chi connectivity index (χ0v) is 15.5. The minimum Gasteiger partial charge on any atom is -0.548 e. The van der Waals surface area contributed by atoms with Gasteiger partial charge in [0.05, 0.1) is 22.9 Å². The van der Waals surface area contributed by atoms with Crippen LogP contribution in [0.15, 0.2) is 23.2 Å². The molecule has 3 rings (SSSR count). The molecule has 2 aromatic rings. The fourth-order valence-electron chi connectivity index (χ4n) is 2.88. The van der Waals surface area contributed by atoms with Gasteiger partial charge in [0, 0.05) is 5.22 Å². The molecule has 0 bridgehead atoms. The number of carbonyl (C=O) groups excluding carboxylic acids is 2. The molecule has 0 saturated carbocycles. The number of aliphatic carboxylic acids is 1. The van der Waals surface area contributed by atoms with Crippen molar-refractivity contribution in [3.05, 3.63) is 43.4 Å². The van der Waals surface area contributed by atoms with Crippen LogP contribution < -0.4 is 15.7 Å². The molecule has 1 aromatic heterocycles. The third kappa shape index (κ3) is 3.08. The van der Waals surface area contributed by atoms with Gasteiger partial charge in [0.15, 0.2) is 3.95 Å². The molecular weight excluding hydrogens is 379 g/mol. The highest BCUT2D eigenvalue weighted by atomic mass is 32.1. The summed E-state index contributed by atoms with van der Waals surface area (Å²) < 4.78 is 14.8. The van der Waals surface area contributed by atoms with E-state index in [-0.39, 0.29) is 37.3 Å². The predicted molar refractivity (Wildman–Crippen MR) is 93.0 cm³/mol. The van der Waals surface area contributed by atoms with Gasteiger partial charge in [-0.2, -0.15) is 0 Å². The number of benzene rings is 1. The Bertz CT molecular complexity index is 1100. The van der Waals surface area contributed by atoms with Crippen molar-refractivity contribution in [2.24, 2.45) is 10.9 Å². The lowest BCUT2D eigenvalue weighted by Crippen LogP contribution is -2.34. The maximum absolute atomic E-state index is 13.6. The Morgan fingerprint density at radius 3 is 2.77 bits per heavy atom. The van der Waals surface area contributed by atoms with Gasteiger partial charge >= 0.3 is 0 Å². The molecule has 0 unspecified atom stereocenters. The average molecular weight is 393 g/mol. The highest BCUT2D eigenvalue weighted by Crippen LogP contribution is 2.36. The van der Waals surface area contributed by atoms with Gasteiger partial charge in [0.2, 0.25) is 5.88 Å². The van der Waals surface area contributed by atoms with Gasteiger partial charge in [0.25, 0.3) is 5.91 Å². The molecule has 6 nitrogen and oxygen atoms in total. The van der Waals surface area contributed by atoms with E-state index in [1.165, 1.54) is 12.1 Å². The molecule has 0 spiro atoms. The average Bonchev–Trinajstić information content (AvgIpc) is 3.00.